The Labute approximate surface area is 307 Å². The Kier molecular flexibility index (Phi) is 9.06. The third-order valence-corrected chi connectivity index (χ3v) is 9.34. The maximum atomic E-state index is 11.0. The van der Waals surface area contributed by atoms with Gasteiger partial charge in [0.1, 0.15) is 11.6 Å². The second-order valence-corrected chi connectivity index (χ2v) is 12.7. The quantitative estimate of drug-likeness (QED) is 0.163. The molecule has 0 aliphatic carbocycles. The Morgan fingerprint density at radius 1 is 0.620 bits per heavy atom. The number of aromatic nitrogens is 3. The van der Waals surface area contributed by atoms with E-state index in [1.165, 1.54) is 5.56 Å². The van der Waals surface area contributed by atoms with Crippen LogP contribution in [0.5, 0.6) is 5.75 Å². The molecule has 0 saturated carbocycles. The molecule has 0 radical (unpaired) electrons. The van der Waals surface area contributed by atoms with Gasteiger partial charge in [0.25, 0.3) is 0 Å². The Morgan fingerprint density at radius 3 is 2.00 bits per heavy atom. The van der Waals surface area contributed by atoms with Crippen molar-refractivity contribution in [1.29, 1.82) is 0 Å². The van der Waals surface area contributed by atoms with Crippen LogP contribution in [0.1, 0.15) is 25.0 Å². The van der Waals surface area contributed by atoms with Crippen LogP contribution in [0.15, 0.2) is 164 Å². The molecular formula is C45H34N3OPt-. The zero-order valence-corrected chi connectivity index (χ0v) is 30.0. The number of hydrogen-bond donors (Lipinski definition) is 1. The SMILES string of the molecule is CC(C)(c1ccccc1)c1cccnc1-c1[c-]c(-c2cccc3c2nc(-c2ccccc2O)n3-c2ccccc2)cc(-c2ccccc2)c1.[Pt]. The van der Waals surface area contributed by atoms with Crippen molar-refractivity contribution in [3.63, 3.8) is 0 Å². The van der Waals surface area contributed by atoms with E-state index >= 15 is 0 Å². The molecule has 0 aliphatic heterocycles. The zero-order chi connectivity index (χ0) is 33.4. The number of rotatable bonds is 7. The van der Waals surface area contributed by atoms with Crippen LogP contribution in [0, 0.1) is 6.07 Å². The minimum atomic E-state index is -0.303. The number of hydrogen-bond acceptors (Lipinski definition) is 3. The Balaban J connectivity index is 0.00000392. The molecule has 0 amide bonds. The molecule has 50 heavy (non-hydrogen) atoms. The van der Waals surface area contributed by atoms with E-state index in [2.05, 4.69) is 128 Å². The third-order valence-electron chi connectivity index (χ3n) is 9.34. The fraction of sp³-hybridized carbons (Fsp3) is 0.0667. The molecule has 6 aromatic carbocycles. The zero-order valence-electron chi connectivity index (χ0n) is 27.7. The van der Waals surface area contributed by atoms with Crippen molar-refractivity contribution < 1.29 is 26.2 Å². The van der Waals surface area contributed by atoms with Gasteiger partial charge in [-0.1, -0.05) is 140 Å². The van der Waals surface area contributed by atoms with Crippen LogP contribution in [0.3, 0.4) is 0 Å². The number of pyridine rings is 1. The van der Waals surface area contributed by atoms with Crippen LogP contribution in [0.4, 0.5) is 0 Å². The largest absolute Gasteiger partial charge is 0.507 e. The van der Waals surface area contributed by atoms with Crippen LogP contribution in [0.25, 0.3) is 61.6 Å². The van der Waals surface area contributed by atoms with Crippen molar-refractivity contribution in [3.05, 3.63) is 181 Å². The van der Waals surface area contributed by atoms with Crippen LogP contribution < -0.4 is 0 Å². The van der Waals surface area contributed by atoms with Crippen molar-refractivity contribution in [1.82, 2.24) is 14.5 Å². The summed E-state index contributed by atoms with van der Waals surface area (Å²) in [7, 11) is 0. The number of phenols is 1. The van der Waals surface area contributed by atoms with Gasteiger partial charge >= 0.3 is 0 Å². The van der Waals surface area contributed by atoms with Crippen LogP contribution in [-0.2, 0) is 26.5 Å². The molecule has 246 valence electrons. The first kappa shape index (κ1) is 33.0. The van der Waals surface area contributed by atoms with Crippen molar-refractivity contribution in [2.45, 2.75) is 19.3 Å². The molecule has 0 saturated heterocycles. The molecule has 2 aromatic heterocycles. The van der Waals surface area contributed by atoms with Gasteiger partial charge in [0, 0.05) is 44.1 Å². The number of fused-ring (bicyclic) bond motifs is 1. The van der Waals surface area contributed by atoms with Crippen LogP contribution in [-0.4, -0.2) is 19.6 Å². The summed E-state index contributed by atoms with van der Waals surface area (Å²) >= 11 is 0. The monoisotopic (exact) mass is 827 g/mol. The first-order valence-corrected chi connectivity index (χ1v) is 16.5. The summed E-state index contributed by atoms with van der Waals surface area (Å²) in [6, 6.07) is 57.2. The van der Waals surface area contributed by atoms with E-state index in [-0.39, 0.29) is 32.2 Å². The van der Waals surface area contributed by atoms with E-state index in [4.69, 9.17) is 9.97 Å². The third kappa shape index (κ3) is 5.97. The summed E-state index contributed by atoms with van der Waals surface area (Å²) in [5, 5.41) is 11.0. The number of imidazole rings is 1. The summed E-state index contributed by atoms with van der Waals surface area (Å²) < 4.78 is 2.12. The molecule has 8 rings (SSSR count). The minimum absolute atomic E-state index is 0. The summed E-state index contributed by atoms with van der Waals surface area (Å²) in [4.78, 5) is 10.3. The first-order chi connectivity index (χ1) is 24.0. The van der Waals surface area contributed by atoms with E-state index in [9.17, 15) is 5.11 Å². The molecule has 5 heteroatoms. The van der Waals surface area contributed by atoms with Crippen LogP contribution >= 0.6 is 0 Å². The summed E-state index contributed by atoms with van der Waals surface area (Å²) in [5.41, 5.74) is 11.3. The number of phenolic OH excluding ortho intramolecular Hbond substituents is 1. The van der Waals surface area contributed by atoms with Crippen molar-refractivity contribution in [2.24, 2.45) is 0 Å². The van der Waals surface area contributed by atoms with E-state index in [1.807, 2.05) is 54.7 Å². The summed E-state index contributed by atoms with van der Waals surface area (Å²) in [5.74, 6) is 0.850. The van der Waals surface area contributed by atoms with E-state index in [0.717, 1.165) is 55.8 Å². The van der Waals surface area contributed by atoms with Gasteiger partial charge in [-0.05, 0) is 53.1 Å². The predicted octanol–water partition coefficient (Wildman–Crippen LogP) is 10.9. The van der Waals surface area contributed by atoms with E-state index < -0.39 is 0 Å². The number of aromatic hydroxyl groups is 1. The summed E-state index contributed by atoms with van der Waals surface area (Å²) in [6.45, 7) is 4.50. The molecule has 0 aliphatic rings. The number of para-hydroxylation sites is 3. The van der Waals surface area contributed by atoms with Gasteiger partial charge in [-0.3, -0.25) is 9.55 Å². The molecule has 1 N–H and O–H groups in total. The van der Waals surface area contributed by atoms with E-state index in [0.29, 0.717) is 11.4 Å². The van der Waals surface area contributed by atoms with Gasteiger partial charge in [-0.2, -0.15) is 0 Å². The van der Waals surface area contributed by atoms with E-state index in [1.54, 1.807) is 6.07 Å². The van der Waals surface area contributed by atoms with Gasteiger partial charge < -0.3 is 5.11 Å². The Bertz CT molecular complexity index is 2420. The second kappa shape index (κ2) is 13.7. The molecule has 0 atom stereocenters. The number of benzene rings is 6. The standard InChI is InChI=1S/C45H34N3O.Pt/c1-45(2,35-18-8-4-9-19-35)39-24-15-27-46-42(39)34-29-32(31-16-6-3-7-17-31)28-33(30-34)37-23-14-25-40-43(37)47-44(38-22-12-13-26-41(38)49)48(40)36-20-10-5-11-21-36;/h3-29,49H,1-2H3;/q-1;. The Hall–Kier alpha value is -5.57. The molecule has 8 aromatic rings. The maximum absolute atomic E-state index is 11.0. The van der Waals surface area contributed by atoms with Crippen molar-refractivity contribution in [3.8, 4) is 56.3 Å². The molecular weight excluding hydrogens is 794 g/mol. The van der Waals surface area contributed by atoms with Gasteiger partial charge in [0.05, 0.1) is 16.6 Å². The molecule has 0 fully saturated rings. The normalized spacial score (nSPS) is 11.3. The van der Waals surface area contributed by atoms with Crippen LogP contribution in [0.2, 0.25) is 0 Å². The van der Waals surface area contributed by atoms with Crippen molar-refractivity contribution >= 4 is 11.0 Å². The average molecular weight is 828 g/mol. The molecule has 0 bridgehead atoms. The minimum Gasteiger partial charge on any atom is -0.507 e. The molecule has 0 spiro atoms. The molecule has 4 nitrogen and oxygen atoms in total. The smallest absolute Gasteiger partial charge is 0.148 e. The van der Waals surface area contributed by atoms with Gasteiger partial charge in [-0.25, -0.2) is 4.98 Å². The summed E-state index contributed by atoms with van der Waals surface area (Å²) in [6.07, 6.45) is 1.86. The maximum Gasteiger partial charge on any atom is 0.148 e. The fourth-order valence-electron chi connectivity index (χ4n) is 6.77. The number of nitrogens with zero attached hydrogens (tertiary/aromatic N) is 3. The van der Waals surface area contributed by atoms with Gasteiger partial charge in [0.15, 0.2) is 0 Å². The predicted molar refractivity (Wildman–Crippen MR) is 200 cm³/mol. The van der Waals surface area contributed by atoms with Gasteiger partial charge in [-0.15, -0.1) is 23.8 Å². The average Bonchev–Trinajstić information content (AvgIpc) is 3.55. The second-order valence-electron chi connectivity index (χ2n) is 12.7. The van der Waals surface area contributed by atoms with Gasteiger partial charge in [0.2, 0.25) is 0 Å². The first-order valence-electron chi connectivity index (χ1n) is 16.5. The Morgan fingerprint density at radius 2 is 1.26 bits per heavy atom. The molecule has 2 heterocycles. The molecule has 0 unspecified atom stereocenters. The van der Waals surface area contributed by atoms with Crippen molar-refractivity contribution in [2.75, 3.05) is 0 Å². The fourth-order valence-corrected chi connectivity index (χ4v) is 6.77. The topological polar surface area (TPSA) is 50.9 Å².